The van der Waals surface area contributed by atoms with E-state index in [1.54, 1.807) is 16.8 Å². The van der Waals surface area contributed by atoms with Gasteiger partial charge in [0, 0.05) is 29.7 Å². The number of amides is 1. The van der Waals surface area contributed by atoms with Crippen LogP contribution in [0, 0.1) is 0 Å². The number of carboxylic acids is 1. The number of aromatic nitrogens is 1. The predicted octanol–water partition coefficient (Wildman–Crippen LogP) is 1.40. The molecule has 0 saturated carbocycles. The number of aliphatic hydroxyl groups is 1. The van der Waals surface area contributed by atoms with Gasteiger partial charge in [0.05, 0.1) is 0 Å². The molecule has 0 aliphatic heterocycles. The van der Waals surface area contributed by atoms with Gasteiger partial charge in [-0.2, -0.15) is 0 Å². The van der Waals surface area contributed by atoms with Gasteiger partial charge in [-0.1, -0.05) is 0 Å². The number of nitrogens with zero attached hydrogens (tertiary/aromatic N) is 1. The van der Waals surface area contributed by atoms with E-state index in [1.807, 2.05) is 13.8 Å². The zero-order valence-electron chi connectivity index (χ0n) is 10.8. The molecular formula is C12H17BrN2O4. The Morgan fingerprint density at radius 1 is 1.47 bits per heavy atom. The summed E-state index contributed by atoms with van der Waals surface area (Å²) in [4.78, 5) is 23.0. The molecule has 0 spiro atoms. The SMILES string of the molecule is CC(C)n1cc(Br)cc1C(=O)NC(CCO)C(=O)O. The third-order valence-corrected chi connectivity index (χ3v) is 3.06. The zero-order valence-corrected chi connectivity index (χ0v) is 12.3. The Balaban J connectivity index is 2.91. The number of hydrogen-bond donors (Lipinski definition) is 3. The summed E-state index contributed by atoms with van der Waals surface area (Å²) < 4.78 is 2.50. The minimum absolute atomic E-state index is 0.0232. The Morgan fingerprint density at radius 3 is 2.58 bits per heavy atom. The van der Waals surface area contributed by atoms with Crippen molar-refractivity contribution in [1.29, 1.82) is 0 Å². The van der Waals surface area contributed by atoms with Crippen LogP contribution in [0.25, 0.3) is 0 Å². The summed E-state index contributed by atoms with van der Waals surface area (Å²) in [7, 11) is 0. The normalized spacial score (nSPS) is 12.5. The van der Waals surface area contributed by atoms with Gasteiger partial charge in [-0.25, -0.2) is 4.79 Å². The number of halogens is 1. The Kier molecular flexibility index (Phi) is 5.56. The molecule has 3 N–H and O–H groups in total. The molecule has 1 unspecified atom stereocenters. The number of carbonyl (C=O) groups is 2. The predicted molar refractivity (Wildman–Crippen MR) is 73.1 cm³/mol. The van der Waals surface area contributed by atoms with Gasteiger partial charge in [-0.3, -0.25) is 4.79 Å². The van der Waals surface area contributed by atoms with Crippen molar-refractivity contribution in [3.63, 3.8) is 0 Å². The topological polar surface area (TPSA) is 91.6 Å². The first-order valence-electron chi connectivity index (χ1n) is 5.88. The van der Waals surface area contributed by atoms with E-state index in [9.17, 15) is 9.59 Å². The lowest BCUT2D eigenvalue weighted by molar-refractivity contribution is -0.139. The molecule has 106 valence electrons. The number of carboxylic acid groups (broad SMARTS) is 1. The third kappa shape index (κ3) is 4.07. The standard InChI is InChI=1S/C12H17BrN2O4/c1-7(2)15-6-8(13)5-10(15)11(17)14-9(3-4-16)12(18)19/h5-7,9,16H,3-4H2,1-2H3,(H,14,17)(H,18,19). The maximum atomic E-state index is 12.1. The fraction of sp³-hybridized carbons (Fsp3) is 0.500. The van der Waals surface area contributed by atoms with Crippen LogP contribution in [0.15, 0.2) is 16.7 Å². The largest absolute Gasteiger partial charge is 0.480 e. The Hall–Kier alpha value is -1.34. The second kappa shape index (κ2) is 6.72. The van der Waals surface area contributed by atoms with Gasteiger partial charge in [0.25, 0.3) is 5.91 Å². The second-order valence-electron chi connectivity index (χ2n) is 4.42. The van der Waals surface area contributed by atoms with Crippen molar-refractivity contribution < 1.29 is 19.8 Å². The molecule has 1 atom stereocenters. The fourth-order valence-electron chi connectivity index (χ4n) is 1.67. The molecule has 19 heavy (non-hydrogen) atoms. The Morgan fingerprint density at radius 2 is 2.11 bits per heavy atom. The summed E-state index contributed by atoms with van der Waals surface area (Å²) in [5, 5.41) is 20.1. The highest BCUT2D eigenvalue weighted by molar-refractivity contribution is 9.10. The first-order valence-corrected chi connectivity index (χ1v) is 6.68. The molecule has 7 heteroatoms. The molecule has 1 aromatic heterocycles. The van der Waals surface area contributed by atoms with Crippen molar-refractivity contribution in [3.05, 3.63) is 22.4 Å². The molecular weight excluding hydrogens is 316 g/mol. The van der Waals surface area contributed by atoms with E-state index in [1.165, 1.54) is 0 Å². The maximum Gasteiger partial charge on any atom is 0.326 e. The minimum atomic E-state index is -1.16. The highest BCUT2D eigenvalue weighted by Gasteiger charge is 2.22. The molecule has 0 saturated heterocycles. The summed E-state index contributed by atoms with van der Waals surface area (Å²) in [6.45, 7) is 3.55. The number of carbonyl (C=O) groups excluding carboxylic acids is 1. The van der Waals surface area contributed by atoms with E-state index < -0.39 is 17.9 Å². The molecule has 0 radical (unpaired) electrons. The molecule has 0 aromatic carbocycles. The van der Waals surface area contributed by atoms with E-state index in [-0.39, 0.29) is 19.1 Å². The molecule has 1 amide bonds. The average Bonchev–Trinajstić information content (AvgIpc) is 2.70. The van der Waals surface area contributed by atoms with Crippen molar-refractivity contribution in [1.82, 2.24) is 9.88 Å². The van der Waals surface area contributed by atoms with Gasteiger partial charge in [-0.05, 0) is 35.8 Å². The van der Waals surface area contributed by atoms with Crippen LogP contribution in [0.5, 0.6) is 0 Å². The highest BCUT2D eigenvalue weighted by Crippen LogP contribution is 2.19. The lowest BCUT2D eigenvalue weighted by atomic mass is 10.2. The molecule has 0 aliphatic carbocycles. The summed E-state index contributed by atoms with van der Waals surface area (Å²) in [5.41, 5.74) is 0.381. The summed E-state index contributed by atoms with van der Waals surface area (Å²) in [6.07, 6.45) is 1.74. The zero-order chi connectivity index (χ0) is 14.6. The van der Waals surface area contributed by atoms with Crippen molar-refractivity contribution in [2.75, 3.05) is 6.61 Å². The van der Waals surface area contributed by atoms with E-state index in [0.29, 0.717) is 5.69 Å². The van der Waals surface area contributed by atoms with Crippen molar-refractivity contribution in [2.24, 2.45) is 0 Å². The van der Waals surface area contributed by atoms with Gasteiger partial charge in [0.1, 0.15) is 11.7 Å². The first kappa shape index (κ1) is 15.7. The van der Waals surface area contributed by atoms with Crippen molar-refractivity contribution in [3.8, 4) is 0 Å². The smallest absolute Gasteiger partial charge is 0.326 e. The molecule has 0 aliphatic rings. The quantitative estimate of drug-likeness (QED) is 0.734. The number of hydrogen-bond acceptors (Lipinski definition) is 3. The number of nitrogens with one attached hydrogen (secondary N) is 1. The molecule has 0 fully saturated rings. The van der Waals surface area contributed by atoms with Gasteiger partial charge in [-0.15, -0.1) is 0 Å². The van der Waals surface area contributed by atoms with Crippen LogP contribution in [0.1, 0.15) is 36.8 Å². The van der Waals surface area contributed by atoms with Crippen LogP contribution in [0.3, 0.4) is 0 Å². The number of aliphatic carboxylic acids is 1. The van der Waals surface area contributed by atoms with Crippen LogP contribution < -0.4 is 5.32 Å². The van der Waals surface area contributed by atoms with Gasteiger partial charge < -0.3 is 20.1 Å². The Bertz CT molecular complexity index is 470. The van der Waals surface area contributed by atoms with Crippen LogP contribution in [0.4, 0.5) is 0 Å². The van der Waals surface area contributed by atoms with E-state index in [4.69, 9.17) is 10.2 Å². The summed E-state index contributed by atoms with van der Waals surface area (Å²) in [6, 6.07) is 0.618. The van der Waals surface area contributed by atoms with E-state index in [2.05, 4.69) is 21.2 Å². The van der Waals surface area contributed by atoms with Crippen LogP contribution >= 0.6 is 15.9 Å². The van der Waals surface area contributed by atoms with Gasteiger partial charge in [0.2, 0.25) is 0 Å². The molecule has 6 nitrogen and oxygen atoms in total. The Labute approximate surface area is 119 Å². The minimum Gasteiger partial charge on any atom is -0.480 e. The van der Waals surface area contributed by atoms with E-state index in [0.717, 1.165) is 4.47 Å². The molecule has 1 aromatic rings. The van der Waals surface area contributed by atoms with Crippen molar-refractivity contribution in [2.45, 2.75) is 32.4 Å². The number of aliphatic hydroxyl groups excluding tert-OH is 1. The maximum absolute atomic E-state index is 12.1. The second-order valence-corrected chi connectivity index (χ2v) is 5.34. The third-order valence-electron chi connectivity index (χ3n) is 2.63. The molecule has 0 bridgehead atoms. The lowest BCUT2D eigenvalue weighted by Crippen LogP contribution is -2.42. The lowest BCUT2D eigenvalue weighted by Gasteiger charge is -2.16. The molecule has 1 heterocycles. The van der Waals surface area contributed by atoms with Gasteiger partial charge in [0.15, 0.2) is 0 Å². The van der Waals surface area contributed by atoms with E-state index >= 15 is 0 Å². The van der Waals surface area contributed by atoms with Gasteiger partial charge >= 0.3 is 5.97 Å². The number of rotatable bonds is 6. The fourth-order valence-corrected chi connectivity index (χ4v) is 2.11. The van der Waals surface area contributed by atoms with Crippen LogP contribution in [-0.4, -0.2) is 39.3 Å². The molecule has 1 rings (SSSR count). The van der Waals surface area contributed by atoms with Crippen LogP contribution in [-0.2, 0) is 4.79 Å². The highest BCUT2D eigenvalue weighted by atomic mass is 79.9. The van der Waals surface area contributed by atoms with Crippen molar-refractivity contribution >= 4 is 27.8 Å². The van der Waals surface area contributed by atoms with Crippen LogP contribution in [0.2, 0.25) is 0 Å². The average molecular weight is 333 g/mol. The first-order chi connectivity index (χ1) is 8.86. The monoisotopic (exact) mass is 332 g/mol. The summed E-state index contributed by atoms with van der Waals surface area (Å²) >= 11 is 3.29. The summed E-state index contributed by atoms with van der Waals surface area (Å²) in [5.74, 6) is -1.63.